The summed E-state index contributed by atoms with van der Waals surface area (Å²) in [6.45, 7) is 6.80. The summed E-state index contributed by atoms with van der Waals surface area (Å²) in [6, 6.07) is 2.18. The highest BCUT2D eigenvalue weighted by atomic mass is 79.9. The van der Waals surface area contributed by atoms with E-state index >= 15 is 0 Å². The molecule has 1 N–H and O–H groups in total. The van der Waals surface area contributed by atoms with Gasteiger partial charge in [-0.1, -0.05) is 22.9 Å². The van der Waals surface area contributed by atoms with E-state index in [9.17, 15) is 0 Å². The summed E-state index contributed by atoms with van der Waals surface area (Å²) in [5.74, 6) is 1.41. The normalized spacial score (nSPS) is 14.2. The van der Waals surface area contributed by atoms with Gasteiger partial charge in [-0.15, -0.1) is 0 Å². The molecule has 2 atom stereocenters. The molecule has 0 saturated heterocycles. The summed E-state index contributed by atoms with van der Waals surface area (Å²) in [7, 11) is 0. The second kappa shape index (κ2) is 6.68. The van der Waals surface area contributed by atoms with Crippen molar-refractivity contribution in [3.05, 3.63) is 12.4 Å². The molecular weight excluding hydrogens is 270 g/mol. The van der Waals surface area contributed by atoms with Crippen LogP contribution in [-0.2, 0) is 0 Å². The topological polar surface area (TPSA) is 47.0 Å². The molecule has 0 saturated carbocycles. The molecule has 1 aromatic heterocycles. The van der Waals surface area contributed by atoms with Crippen LogP contribution in [0.2, 0.25) is 0 Å². The Morgan fingerprint density at radius 3 is 2.81 bits per heavy atom. The highest BCUT2D eigenvalue weighted by Gasteiger charge is 2.07. The van der Waals surface area contributed by atoms with Crippen molar-refractivity contribution < 1.29 is 4.74 Å². The Bertz CT molecular complexity index is 320. The van der Waals surface area contributed by atoms with Crippen molar-refractivity contribution in [1.29, 1.82) is 0 Å². The Hall–Kier alpha value is -0.840. The second-order valence-electron chi connectivity index (χ2n) is 3.74. The molecule has 0 spiro atoms. The summed E-state index contributed by atoms with van der Waals surface area (Å²) in [6.07, 6.45) is 2.55. The first-order valence-corrected chi connectivity index (χ1v) is 6.38. The second-order valence-corrected chi connectivity index (χ2v) is 5.30. The maximum Gasteiger partial charge on any atom is 0.218 e. The van der Waals surface area contributed by atoms with E-state index < -0.39 is 0 Å². The van der Waals surface area contributed by atoms with Crippen LogP contribution in [0.15, 0.2) is 12.4 Å². The first kappa shape index (κ1) is 13.2. The number of ether oxygens (including phenoxy) is 1. The van der Waals surface area contributed by atoms with Crippen molar-refractivity contribution in [3.63, 3.8) is 0 Å². The van der Waals surface area contributed by atoms with Crippen LogP contribution in [0.4, 0.5) is 5.82 Å². The zero-order chi connectivity index (χ0) is 12.0. The number of nitrogens with one attached hydrogen (secondary N) is 1. The molecule has 1 rings (SSSR count). The van der Waals surface area contributed by atoms with Crippen molar-refractivity contribution in [2.24, 2.45) is 0 Å². The van der Waals surface area contributed by atoms with E-state index in [0.29, 0.717) is 23.4 Å². The number of anilines is 1. The first-order valence-electron chi connectivity index (χ1n) is 5.47. The standard InChI is InChI=1S/C11H18BrN3O/c1-4-16-11-6-10(13-7-14-11)15-9(3)5-8(2)12/h6-9H,4-5H2,1-3H3,(H,13,14,15). The van der Waals surface area contributed by atoms with Gasteiger partial charge in [-0.3, -0.25) is 0 Å². The lowest BCUT2D eigenvalue weighted by atomic mass is 10.2. The minimum Gasteiger partial charge on any atom is -0.478 e. The summed E-state index contributed by atoms with van der Waals surface area (Å²) in [5, 5.41) is 3.31. The van der Waals surface area contributed by atoms with Crippen LogP contribution >= 0.6 is 15.9 Å². The molecule has 0 aliphatic heterocycles. The predicted octanol–water partition coefficient (Wildman–Crippen LogP) is 2.85. The van der Waals surface area contributed by atoms with Crippen LogP contribution in [0.3, 0.4) is 0 Å². The molecule has 0 fully saturated rings. The van der Waals surface area contributed by atoms with Crippen LogP contribution in [0.5, 0.6) is 5.88 Å². The lowest BCUT2D eigenvalue weighted by Crippen LogP contribution is -2.19. The molecule has 4 nitrogen and oxygen atoms in total. The highest BCUT2D eigenvalue weighted by Crippen LogP contribution is 2.14. The van der Waals surface area contributed by atoms with Gasteiger partial charge in [-0.2, -0.15) is 0 Å². The Morgan fingerprint density at radius 2 is 2.19 bits per heavy atom. The van der Waals surface area contributed by atoms with E-state index in [0.717, 1.165) is 12.2 Å². The van der Waals surface area contributed by atoms with Crippen LogP contribution in [0.25, 0.3) is 0 Å². The Morgan fingerprint density at radius 1 is 1.44 bits per heavy atom. The smallest absolute Gasteiger partial charge is 0.218 e. The van der Waals surface area contributed by atoms with Gasteiger partial charge in [0.05, 0.1) is 6.61 Å². The Kier molecular flexibility index (Phi) is 5.52. The Labute approximate surface area is 105 Å². The molecule has 1 aromatic rings. The molecule has 1 heterocycles. The van der Waals surface area contributed by atoms with E-state index in [1.807, 2.05) is 13.0 Å². The van der Waals surface area contributed by atoms with Crippen LogP contribution < -0.4 is 10.1 Å². The molecule has 2 unspecified atom stereocenters. The average molecular weight is 288 g/mol. The number of hydrogen-bond acceptors (Lipinski definition) is 4. The van der Waals surface area contributed by atoms with Gasteiger partial charge in [0.2, 0.25) is 5.88 Å². The number of alkyl halides is 1. The van der Waals surface area contributed by atoms with Gasteiger partial charge >= 0.3 is 0 Å². The van der Waals surface area contributed by atoms with Gasteiger partial charge in [-0.25, -0.2) is 9.97 Å². The lowest BCUT2D eigenvalue weighted by Gasteiger charge is -2.15. The van der Waals surface area contributed by atoms with Crippen LogP contribution in [0.1, 0.15) is 27.2 Å². The Balaban J connectivity index is 2.55. The fraction of sp³-hybridized carbons (Fsp3) is 0.636. The summed E-state index contributed by atoms with van der Waals surface area (Å²) < 4.78 is 5.31. The van der Waals surface area contributed by atoms with E-state index in [1.165, 1.54) is 6.33 Å². The van der Waals surface area contributed by atoms with E-state index in [2.05, 4.69) is 45.1 Å². The molecule has 5 heteroatoms. The number of hydrogen-bond donors (Lipinski definition) is 1. The minimum atomic E-state index is 0.360. The average Bonchev–Trinajstić information content (AvgIpc) is 2.17. The number of nitrogens with zero attached hydrogens (tertiary/aromatic N) is 2. The van der Waals surface area contributed by atoms with Gasteiger partial charge in [0.25, 0.3) is 0 Å². The zero-order valence-electron chi connectivity index (χ0n) is 9.90. The third kappa shape index (κ3) is 4.79. The monoisotopic (exact) mass is 287 g/mol. The maximum atomic E-state index is 5.31. The van der Waals surface area contributed by atoms with E-state index in [-0.39, 0.29) is 0 Å². The summed E-state index contributed by atoms with van der Waals surface area (Å²) >= 11 is 3.53. The van der Waals surface area contributed by atoms with E-state index in [1.54, 1.807) is 0 Å². The lowest BCUT2D eigenvalue weighted by molar-refractivity contribution is 0.326. The molecule has 0 aliphatic carbocycles. The third-order valence-electron chi connectivity index (χ3n) is 2.01. The number of aromatic nitrogens is 2. The molecule has 0 bridgehead atoms. The maximum absolute atomic E-state index is 5.31. The van der Waals surface area contributed by atoms with Gasteiger partial charge in [0.1, 0.15) is 12.1 Å². The number of halogens is 1. The largest absolute Gasteiger partial charge is 0.478 e. The highest BCUT2D eigenvalue weighted by molar-refractivity contribution is 9.09. The summed E-state index contributed by atoms with van der Waals surface area (Å²) in [5.41, 5.74) is 0. The predicted molar refractivity (Wildman–Crippen MR) is 69.3 cm³/mol. The van der Waals surface area contributed by atoms with Crippen molar-refractivity contribution in [3.8, 4) is 5.88 Å². The molecule has 16 heavy (non-hydrogen) atoms. The van der Waals surface area contributed by atoms with Crippen LogP contribution in [0, 0.1) is 0 Å². The first-order chi connectivity index (χ1) is 7.61. The molecule has 0 aliphatic rings. The summed E-state index contributed by atoms with van der Waals surface area (Å²) in [4.78, 5) is 8.66. The fourth-order valence-corrected chi connectivity index (χ4v) is 2.00. The molecule has 0 amide bonds. The van der Waals surface area contributed by atoms with Crippen molar-refractivity contribution in [2.45, 2.75) is 38.1 Å². The van der Waals surface area contributed by atoms with Gasteiger partial charge in [0.15, 0.2) is 0 Å². The molecule has 90 valence electrons. The van der Waals surface area contributed by atoms with Gasteiger partial charge in [-0.05, 0) is 20.3 Å². The zero-order valence-corrected chi connectivity index (χ0v) is 11.5. The molecule has 0 radical (unpaired) electrons. The fourth-order valence-electron chi connectivity index (χ4n) is 1.44. The molecular formula is C11H18BrN3O. The molecule has 0 aromatic carbocycles. The quantitative estimate of drug-likeness (QED) is 0.818. The van der Waals surface area contributed by atoms with Crippen LogP contribution in [-0.4, -0.2) is 27.4 Å². The van der Waals surface area contributed by atoms with Crippen molar-refractivity contribution >= 4 is 21.7 Å². The van der Waals surface area contributed by atoms with E-state index in [4.69, 9.17) is 4.74 Å². The third-order valence-corrected chi connectivity index (χ3v) is 2.38. The van der Waals surface area contributed by atoms with Crippen molar-refractivity contribution in [2.75, 3.05) is 11.9 Å². The van der Waals surface area contributed by atoms with Crippen molar-refractivity contribution in [1.82, 2.24) is 9.97 Å². The van der Waals surface area contributed by atoms with Gasteiger partial charge in [0, 0.05) is 16.9 Å². The number of rotatable bonds is 6. The van der Waals surface area contributed by atoms with Gasteiger partial charge < -0.3 is 10.1 Å². The minimum absolute atomic E-state index is 0.360. The SMILES string of the molecule is CCOc1cc(NC(C)CC(C)Br)ncn1.